The molecule has 1 atom stereocenters. The molecule has 0 spiro atoms. The van der Waals surface area contributed by atoms with Gasteiger partial charge >= 0.3 is 0 Å². The molecule has 4 rings (SSSR count). The summed E-state index contributed by atoms with van der Waals surface area (Å²) in [5, 5.41) is 16.8. The Morgan fingerprint density at radius 1 is 1.04 bits per heavy atom. The zero-order valence-electron chi connectivity index (χ0n) is 28.6. The number of aromatic nitrogens is 3. The molecule has 0 fully saturated rings. The van der Waals surface area contributed by atoms with Crippen LogP contribution in [-0.2, 0) is 15.9 Å². The lowest BCUT2D eigenvalue weighted by Gasteiger charge is -2.35. The van der Waals surface area contributed by atoms with Gasteiger partial charge in [0.25, 0.3) is 5.91 Å². The van der Waals surface area contributed by atoms with Crippen molar-refractivity contribution in [2.24, 2.45) is 5.10 Å². The first-order valence-corrected chi connectivity index (χ1v) is 22.2. The molecule has 1 amide bonds. The highest BCUT2D eigenvalue weighted by Crippen LogP contribution is 2.36. The van der Waals surface area contributed by atoms with Crippen LogP contribution in [0.25, 0.3) is 10.9 Å². The Bertz CT molecular complexity index is 1720. The number of amides is 1. The highest BCUT2D eigenvalue weighted by Gasteiger charge is 2.36. The zero-order valence-corrected chi connectivity index (χ0v) is 30.6. The number of carbonyl (C=O) groups excluding carboxylic acids is 1. The number of nitrogens with zero attached hydrogens (tertiary/aromatic N) is 4. The lowest BCUT2D eigenvalue weighted by Crippen LogP contribution is -2.40. The molecule has 11 heteroatoms. The standard InChI is InChI=1S/C35H48N6O3Si2/c1-27(45(5,6)7)43-26-41-33-24-28(18-19-29(33)32(39-41)25-37-40-21-13-14-22-40)38-31-17-11-10-16-30(31)34(42)36-20-12-15-23-44-46(8,9)35(2,3)4/h10-11,13-14,16-19,21-22,24-25,27,38H,20,23,26H2,1-9H3,(H,36,42)/b37-25+. The number of benzene rings is 2. The van der Waals surface area contributed by atoms with E-state index in [2.05, 4.69) is 88.0 Å². The Labute approximate surface area is 275 Å². The number of ether oxygens (including phenoxy) is 1. The molecular formula is C35H48N6O3Si2. The highest BCUT2D eigenvalue weighted by molar-refractivity contribution is 6.77. The first kappa shape index (κ1) is 34.9. The second-order valence-corrected chi connectivity index (χ2v) is 24.3. The van der Waals surface area contributed by atoms with Crippen molar-refractivity contribution in [1.82, 2.24) is 19.8 Å². The van der Waals surface area contributed by atoms with E-state index in [1.165, 1.54) is 0 Å². The number of carbonyl (C=O) groups is 1. The Kier molecular flexibility index (Phi) is 11.1. The molecular weight excluding hydrogens is 609 g/mol. The molecule has 46 heavy (non-hydrogen) atoms. The molecule has 244 valence electrons. The molecule has 2 N–H and O–H groups in total. The van der Waals surface area contributed by atoms with Gasteiger partial charge in [-0.25, -0.2) is 9.36 Å². The predicted octanol–water partition coefficient (Wildman–Crippen LogP) is 7.46. The van der Waals surface area contributed by atoms with Crippen molar-refractivity contribution in [2.75, 3.05) is 18.5 Å². The third-order valence-corrected chi connectivity index (χ3v) is 15.7. The largest absolute Gasteiger partial charge is 0.406 e. The smallest absolute Gasteiger partial charge is 0.254 e. The summed E-state index contributed by atoms with van der Waals surface area (Å²) in [7, 11) is -3.35. The van der Waals surface area contributed by atoms with E-state index in [0.717, 1.165) is 22.3 Å². The number of nitrogens with one attached hydrogen (secondary N) is 2. The van der Waals surface area contributed by atoms with E-state index in [1.807, 2.05) is 65.6 Å². The number of anilines is 2. The van der Waals surface area contributed by atoms with Crippen molar-refractivity contribution < 1.29 is 14.0 Å². The van der Waals surface area contributed by atoms with Gasteiger partial charge in [0.15, 0.2) is 8.32 Å². The lowest BCUT2D eigenvalue weighted by atomic mass is 10.1. The van der Waals surface area contributed by atoms with Gasteiger partial charge in [-0.15, -0.1) is 0 Å². The van der Waals surface area contributed by atoms with Crippen LogP contribution in [0, 0.1) is 11.8 Å². The van der Waals surface area contributed by atoms with Crippen LogP contribution >= 0.6 is 0 Å². The molecule has 1 unspecified atom stereocenters. The molecule has 0 saturated heterocycles. The number of rotatable bonds is 12. The molecule has 2 aromatic carbocycles. The van der Waals surface area contributed by atoms with E-state index in [9.17, 15) is 4.79 Å². The van der Waals surface area contributed by atoms with Crippen molar-refractivity contribution in [3.63, 3.8) is 0 Å². The van der Waals surface area contributed by atoms with Gasteiger partial charge in [-0.1, -0.05) is 64.4 Å². The molecule has 9 nitrogen and oxygen atoms in total. The van der Waals surface area contributed by atoms with Crippen LogP contribution in [0.4, 0.5) is 11.4 Å². The number of hydrogen-bond donors (Lipinski definition) is 2. The van der Waals surface area contributed by atoms with E-state index in [1.54, 1.807) is 17.0 Å². The number of hydrogen-bond acceptors (Lipinski definition) is 6. The van der Waals surface area contributed by atoms with Gasteiger partial charge in [-0.2, -0.15) is 10.2 Å². The Morgan fingerprint density at radius 2 is 1.76 bits per heavy atom. The van der Waals surface area contributed by atoms with Crippen LogP contribution in [0.2, 0.25) is 37.8 Å². The van der Waals surface area contributed by atoms with Crippen molar-refractivity contribution >= 4 is 50.8 Å². The second-order valence-electron chi connectivity index (χ2n) is 14.0. The molecule has 0 bridgehead atoms. The number of fused-ring (bicyclic) bond motifs is 1. The third kappa shape index (κ3) is 9.07. The van der Waals surface area contributed by atoms with Crippen LogP contribution < -0.4 is 10.6 Å². The van der Waals surface area contributed by atoms with Gasteiger partial charge in [0.05, 0.1) is 44.2 Å². The normalized spacial score (nSPS) is 13.1. The van der Waals surface area contributed by atoms with Crippen molar-refractivity contribution in [3.8, 4) is 11.8 Å². The summed E-state index contributed by atoms with van der Waals surface area (Å²) in [6.07, 6.45) is 5.51. The summed E-state index contributed by atoms with van der Waals surface area (Å²) in [4.78, 5) is 13.2. The monoisotopic (exact) mass is 656 g/mol. The molecule has 0 saturated carbocycles. The highest BCUT2D eigenvalue weighted by atomic mass is 28.4. The van der Waals surface area contributed by atoms with E-state index >= 15 is 0 Å². The van der Waals surface area contributed by atoms with E-state index in [-0.39, 0.29) is 23.2 Å². The lowest BCUT2D eigenvalue weighted by molar-refractivity contribution is 0.0518. The van der Waals surface area contributed by atoms with Crippen molar-refractivity contribution in [3.05, 3.63) is 78.2 Å². The maximum atomic E-state index is 13.2. The van der Waals surface area contributed by atoms with Gasteiger partial charge in [-0.3, -0.25) is 4.79 Å². The quantitative estimate of drug-likeness (QED) is 0.0938. The van der Waals surface area contributed by atoms with Gasteiger partial charge in [0, 0.05) is 29.2 Å². The molecule has 0 aliphatic heterocycles. The Morgan fingerprint density at radius 3 is 2.46 bits per heavy atom. The first-order chi connectivity index (χ1) is 21.7. The van der Waals surface area contributed by atoms with Crippen LogP contribution in [-0.4, -0.2) is 61.8 Å². The third-order valence-electron chi connectivity index (χ3n) is 8.57. The van der Waals surface area contributed by atoms with Gasteiger partial charge in [-0.05, 0) is 67.5 Å². The zero-order chi connectivity index (χ0) is 33.5. The molecule has 0 radical (unpaired) electrons. The molecule has 0 aliphatic rings. The molecule has 2 aromatic heterocycles. The van der Waals surface area contributed by atoms with E-state index in [0.29, 0.717) is 24.6 Å². The number of para-hydroxylation sites is 1. The van der Waals surface area contributed by atoms with Crippen LogP contribution in [0.1, 0.15) is 43.7 Å². The SMILES string of the molecule is CC(OCn1nc(/C=N/n2cccc2)c2ccc(Nc3ccccc3C(=O)NCC#CCO[Si](C)(C)C(C)(C)C)cc21)[Si](C)(C)C. The molecule has 0 aliphatic carbocycles. The predicted molar refractivity (Wildman–Crippen MR) is 194 cm³/mol. The van der Waals surface area contributed by atoms with Crippen molar-refractivity contribution in [2.45, 2.75) is 77.9 Å². The summed E-state index contributed by atoms with van der Waals surface area (Å²) in [6, 6.07) is 17.3. The minimum atomic E-state index is -1.85. The fourth-order valence-corrected chi connectivity index (χ4v) is 5.58. The summed E-state index contributed by atoms with van der Waals surface area (Å²) in [5.74, 6) is 5.86. The van der Waals surface area contributed by atoms with Crippen LogP contribution in [0.5, 0.6) is 0 Å². The van der Waals surface area contributed by atoms with Gasteiger partial charge in [0.2, 0.25) is 0 Å². The summed E-state index contributed by atoms with van der Waals surface area (Å²) >= 11 is 0. The maximum Gasteiger partial charge on any atom is 0.254 e. The van der Waals surface area contributed by atoms with E-state index < -0.39 is 16.4 Å². The second kappa shape index (κ2) is 14.6. The summed E-state index contributed by atoms with van der Waals surface area (Å²) in [5.41, 5.74) is 3.85. The maximum absolute atomic E-state index is 13.2. The minimum Gasteiger partial charge on any atom is -0.406 e. The van der Waals surface area contributed by atoms with Crippen molar-refractivity contribution in [1.29, 1.82) is 0 Å². The molecule has 2 heterocycles. The molecule has 4 aromatic rings. The Balaban J connectivity index is 1.51. The average Bonchev–Trinajstić information content (AvgIpc) is 3.63. The topological polar surface area (TPSA) is 94.7 Å². The van der Waals surface area contributed by atoms with Crippen LogP contribution in [0.15, 0.2) is 72.1 Å². The Hall–Kier alpha value is -3.96. The fraction of sp³-hybridized carbons (Fsp3) is 0.400. The fourth-order valence-electron chi connectivity index (χ4n) is 4.14. The minimum absolute atomic E-state index is 0.128. The van der Waals surface area contributed by atoms with Gasteiger partial charge in [0.1, 0.15) is 12.4 Å². The summed E-state index contributed by atoms with van der Waals surface area (Å²) in [6.45, 7) is 20.9. The first-order valence-electron chi connectivity index (χ1n) is 15.7. The average molecular weight is 657 g/mol. The van der Waals surface area contributed by atoms with E-state index in [4.69, 9.17) is 14.3 Å². The van der Waals surface area contributed by atoms with Gasteiger partial charge < -0.3 is 19.8 Å². The van der Waals surface area contributed by atoms with Crippen LogP contribution in [0.3, 0.4) is 0 Å². The summed E-state index contributed by atoms with van der Waals surface area (Å²) < 4.78 is 16.0.